The molecule has 4 heteroatoms. The van der Waals surface area contributed by atoms with Gasteiger partial charge in [-0.2, -0.15) is 0 Å². The van der Waals surface area contributed by atoms with Gasteiger partial charge in [0.05, 0.1) is 8.93 Å². The van der Waals surface area contributed by atoms with Gasteiger partial charge in [-0.05, 0) is 57.1 Å². The van der Waals surface area contributed by atoms with Crippen LogP contribution in [0.2, 0.25) is 0 Å². The first-order valence-corrected chi connectivity index (χ1v) is 7.49. The van der Waals surface area contributed by atoms with Crippen molar-refractivity contribution < 1.29 is 0 Å². The molecule has 0 aliphatic carbocycles. The van der Waals surface area contributed by atoms with Crippen LogP contribution in [0.3, 0.4) is 0 Å². The van der Waals surface area contributed by atoms with Crippen LogP contribution in [-0.4, -0.2) is 0 Å². The number of hydrogen-bond acceptors (Lipinski definition) is 3. The lowest BCUT2D eigenvalue weighted by Crippen LogP contribution is -2.28. The Balaban J connectivity index is 2.28. The largest absolute Gasteiger partial charge is 0.271 e. The standard InChI is InChI=1S/C13H15IN2S/c1-2-9-3-5-10(6-4-9)13(16-15)11-7-12(14)17-8-11/h3-8,13,16H,2,15H2,1H3. The van der Waals surface area contributed by atoms with E-state index in [-0.39, 0.29) is 6.04 Å². The summed E-state index contributed by atoms with van der Waals surface area (Å²) in [7, 11) is 0. The number of hydrazine groups is 1. The molecule has 0 spiro atoms. The SMILES string of the molecule is CCc1ccc(C(NN)c2csc(I)c2)cc1. The molecule has 0 saturated heterocycles. The average Bonchev–Trinajstić information content (AvgIpc) is 2.78. The van der Waals surface area contributed by atoms with Crippen molar-refractivity contribution in [2.45, 2.75) is 19.4 Å². The predicted molar refractivity (Wildman–Crippen MR) is 82.0 cm³/mol. The Morgan fingerprint density at radius 1 is 1.29 bits per heavy atom. The van der Waals surface area contributed by atoms with E-state index in [1.54, 1.807) is 11.3 Å². The van der Waals surface area contributed by atoms with Crippen LogP contribution in [0.1, 0.15) is 29.7 Å². The van der Waals surface area contributed by atoms with Gasteiger partial charge in [0, 0.05) is 0 Å². The maximum Gasteiger partial charge on any atom is 0.0718 e. The molecule has 2 rings (SSSR count). The Morgan fingerprint density at radius 2 is 2.00 bits per heavy atom. The maximum atomic E-state index is 5.67. The summed E-state index contributed by atoms with van der Waals surface area (Å²) in [6.07, 6.45) is 1.07. The van der Waals surface area contributed by atoms with Crippen LogP contribution in [0.15, 0.2) is 35.7 Å². The maximum absolute atomic E-state index is 5.67. The molecule has 1 atom stereocenters. The second kappa shape index (κ2) is 5.95. The molecule has 1 heterocycles. The fourth-order valence-electron chi connectivity index (χ4n) is 1.81. The third-order valence-electron chi connectivity index (χ3n) is 2.81. The van der Waals surface area contributed by atoms with Crippen molar-refractivity contribution in [3.05, 3.63) is 55.3 Å². The lowest BCUT2D eigenvalue weighted by molar-refractivity contribution is 0.638. The molecule has 0 radical (unpaired) electrons. The Kier molecular flexibility index (Phi) is 4.55. The molecule has 90 valence electrons. The molecule has 0 amide bonds. The summed E-state index contributed by atoms with van der Waals surface area (Å²) >= 11 is 4.07. The van der Waals surface area contributed by atoms with Gasteiger partial charge in [0.1, 0.15) is 0 Å². The van der Waals surface area contributed by atoms with Gasteiger partial charge in [-0.1, -0.05) is 31.2 Å². The number of nitrogens with two attached hydrogens (primary N) is 1. The average molecular weight is 358 g/mol. The lowest BCUT2D eigenvalue weighted by atomic mass is 10.00. The number of benzene rings is 1. The molecule has 0 aliphatic rings. The zero-order valence-electron chi connectivity index (χ0n) is 9.61. The summed E-state index contributed by atoms with van der Waals surface area (Å²) in [6.45, 7) is 2.16. The number of aryl methyl sites for hydroxylation is 1. The van der Waals surface area contributed by atoms with Crippen molar-refractivity contribution in [2.24, 2.45) is 5.84 Å². The van der Waals surface area contributed by atoms with Crippen LogP contribution < -0.4 is 11.3 Å². The third-order valence-corrected chi connectivity index (χ3v) is 4.62. The van der Waals surface area contributed by atoms with Gasteiger partial charge in [-0.3, -0.25) is 5.84 Å². The first-order chi connectivity index (χ1) is 8.24. The highest BCUT2D eigenvalue weighted by atomic mass is 127. The topological polar surface area (TPSA) is 38.0 Å². The summed E-state index contributed by atoms with van der Waals surface area (Å²) in [5, 5.41) is 2.15. The second-order valence-electron chi connectivity index (χ2n) is 3.88. The molecule has 0 fully saturated rings. The predicted octanol–water partition coefficient (Wildman–Crippen LogP) is 3.47. The van der Waals surface area contributed by atoms with Gasteiger partial charge < -0.3 is 0 Å². The molecule has 3 N–H and O–H groups in total. The van der Waals surface area contributed by atoms with Gasteiger partial charge in [0.15, 0.2) is 0 Å². The van der Waals surface area contributed by atoms with E-state index in [2.05, 4.69) is 70.7 Å². The quantitative estimate of drug-likeness (QED) is 0.499. The highest BCUT2D eigenvalue weighted by molar-refractivity contribution is 14.1. The lowest BCUT2D eigenvalue weighted by Gasteiger charge is -2.15. The van der Waals surface area contributed by atoms with Crippen LogP contribution in [0.4, 0.5) is 0 Å². The normalized spacial score (nSPS) is 12.6. The summed E-state index contributed by atoms with van der Waals surface area (Å²) in [6, 6.07) is 10.9. The Bertz CT molecular complexity index is 478. The van der Waals surface area contributed by atoms with E-state index >= 15 is 0 Å². The third kappa shape index (κ3) is 3.07. The fraction of sp³-hybridized carbons (Fsp3) is 0.231. The van der Waals surface area contributed by atoms with Crippen LogP contribution >= 0.6 is 33.9 Å². The van der Waals surface area contributed by atoms with Crippen LogP contribution in [-0.2, 0) is 6.42 Å². The van der Waals surface area contributed by atoms with Crippen molar-refractivity contribution in [3.63, 3.8) is 0 Å². The van der Waals surface area contributed by atoms with Gasteiger partial charge in [-0.15, -0.1) is 11.3 Å². The van der Waals surface area contributed by atoms with E-state index in [1.807, 2.05) is 0 Å². The first kappa shape index (κ1) is 13.0. The first-order valence-electron chi connectivity index (χ1n) is 5.53. The Labute approximate surface area is 119 Å². The monoisotopic (exact) mass is 358 g/mol. The van der Waals surface area contributed by atoms with E-state index in [9.17, 15) is 0 Å². The molecule has 2 nitrogen and oxygen atoms in total. The second-order valence-corrected chi connectivity index (χ2v) is 6.68. The van der Waals surface area contributed by atoms with Gasteiger partial charge in [-0.25, -0.2) is 5.43 Å². The van der Waals surface area contributed by atoms with Crippen molar-refractivity contribution in [3.8, 4) is 0 Å². The minimum absolute atomic E-state index is 0.0840. The van der Waals surface area contributed by atoms with E-state index in [4.69, 9.17) is 5.84 Å². The molecule has 1 aromatic carbocycles. The molecule has 1 aromatic heterocycles. The van der Waals surface area contributed by atoms with Crippen LogP contribution in [0.5, 0.6) is 0 Å². The van der Waals surface area contributed by atoms with Gasteiger partial charge in [0.25, 0.3) is 0 Å². The zero-order chi connectivity index (χ0) is 12.3. The smallest absolute Gasteiger partial charge is 0.0718 e. The number of hydrogen-bond donors (Lipinski definition) is 2. The van der Waals surface area contributed by atoms with Crippen molar-refractivity contribution in [1.29, 1.82) is 0 Å². The molecular formula is C13H15IN2S. The molecule has 0 aliphatic heterocycles. The molecule has 0 saturated carbocycles. The summed E-state index contributed by atoms with van der Waals surface area (Å²) < 4.78 is 1.28. The molecular weight excluding hydrogens is 343 g/mol. The van der Waals surface area contributed by atoms with Crippen LogP contribution in [0, 0.1) is 2.88 Å². The van der Waals surface area contributed by atoms with E-state index in [1.165, 1.54) is 19.6 Å². The number of nitrogens with one attached hydrogen (secondary N) is 1. The summed E-state index contributed by atoms with van der Waals surface area (Å²) in [5.41, 5.74) is 6.68. The zero-order valence-corrected chi connectivity index (χ0v) is 12.6. The Hall–Kier alpha value is -0.430. The number of thiophene rings is 1. The highest BCUT2D eigenvalue weighted by Gasteiger charge is 2.13. The van der Waals surface area contributed by atoms with E-state index in [0.717, 1.165) is 6.42 Å². The summed E-state index contributed by atoms with van der Waals surface area (Å²) in [4.78, 5) is 0. The number of halogens is 1. The van der Waals surface area contributed by atoms with Gasteiger partial charge >= 0.3 is 0 Å². The number of rotatable bonds is 4. The van der Waals surface area contributed by atoms with Crippen molar-refractivity contribution >= 4 is 33.9 Å². The molecule has 2 aromatic rings. The van der Waals surface area contributed by atoms with Gasteiger partial charge in [0.2, 0.25) is 0 Å². The fourth-order valence-corrected chi connectivity index (χ4v) is 3.20. The minimum atomic E-state index is 0.0840. The van der Waals surface area contributed by atoms with E-state index < -0.39 is 0 Å². The summed E-state index contributed by atoms with van der Waals surface area (Å²) in [5.74, 6) is 5.67. The van der Waals surface area contributed by atoms with Crippen LogP contribution in [0.25, 0.3) is 0 Å². The van der Waals surface area contributed by atoms with Crippen molar-refractivity contribution in [1.82, 2.24) is 5.43 Å². The molecule has 1 unspecified atom stereocenters. The van der Waals surface area contributed by atoms with E-state index in [0.29, 0.717) is 0 Å². The Morgan fingerprint density at radius 3 is 2.47 bits per heavy atom. The highest BCUT2D eigenvalue weighted by Crippen LogP contribution is 2.27. The minimum Gasteiger partial charge on any atom is -0.271 e. The molecule has 0 bridgehead atoms. The molecule has 17 heavy (non-hydrogen) atoms. The van der Waals surface area contributed by atoms with Crippen molar-refractivity contribution in [2.75, 3.05) is 0 Å².